The van der Waals surface area contributed by atoms with Crippen LogP contribution in [0.25, 0.3) is 0 Å². The monoisotopic (exact) mass is 250 g/mol. The van der Waals surface area contributed by atoms with Gasteiger partial charge in [0, 0.05) is 35.9 Å². The highest BCUT2D eigenvalue weighted by atomic mass is 35.5. The van der Waals surface area contributed by atoms with Crippen LogP contribution in [0.4, 0.5) is 5.69 Å². The van der Waals surface area contributed by atoms with Crippen LogP contribution in [0.15, 0.2) is 24.3 Å². The van der Waals surface area contributed by atoms with Crippen molar-refractivity contribution in [3.8, 4) is 0 Å². The second-order valence-electron chi connectivity index (χ2n) is 5.08. The number of hydrogen-bond donors (Lipinski definition) is 1. The Bertz CT molecular complexity index is 374. The summed E-state index contributed by atoms with van der Waals surface area (Å²) in [6, 6.07) is 9.67. The van der Waals surface area contributed by atoms with Gasteiger partial charge in [0.15, 0.2) is 0 Å². The Morgan fingerprint density at radius 3 is 2.71 bits per heavy atom. The van der Waals surface area contributed by atoms with Crippen LogP contribution in [-0.4, -0.2) is 25.2 Å². The zero-order valence-electron chi connectivity index (χ0n) is 10.0. The summed E-state index contributed by atoms with van der Waals surface area (Å²) in [5, 5.41) is 4.49. The first-order valence-corrected chi connectivity index (χ1v) is 6.98. The molecule has 1 aromatic rings. The first kappa shape index (κ1) is 11.4. The number of nitrogens with zero attached hydrogens (tertiary/aromatic N) is 1. The van der Waals surface area contributed by atoms with Crippen molar-refractivity contribution in [3.63, 3.8) is 0 Å². The topological polar surface area (TPSA) is 15.3 Å². The normalized spacial score (nSPS) is 28.9. The summed E-state index contributed by atoms with van der Waals surface area (Å²) in [7, 11) is 0. The molecule has 1 saturated carbocycles. The molecule has 0 aromatic heterocycles. The molecule has 2 unspecified atom stereocenters. The van der Waals surface area contributed by atoms with Gasteiger partial charge in [0.1, 0.15) is 0 Å². The van der Waals surface area contributed by atoms with Gasteiger partial charge in [-0.05, 0) is 37.1 Å². The molecule has 2 nitrogen and oxygen atoms in total. The fourth-order valence-electron chi connectivity index (χ4n) is 3.21. The van der Waals surface area contributed by atoms with Gasteiger partial charge in [-0.2, -0.15) is 0 Å². The van der Waals surface area contributed by atoms with Crippen molar-refractivity contribution in [2.75, 3.05) is 18.0 Å². The van der Waals surface area contributed by atoms with Gasteiger partial charge in [-0.3, -0.25) is 0 Å². The van der Waals surface area contributed by atoms with E-state index in [0.717, 1.165) is 18.1 Å². The van der Waals surface area contributed by atoms with E-state index in [1.54, 1.807) is 0 Å². The number of hydrogen-bond acceptors (Lipinski definition) is 2. The molecular formula is C14H19ClN2. The molecular weight excluding hydrogens is 232 g/mol. The molecule has 92 valence electrons. The van der Waals surface area contributed by atoms with E-state index in [4.69, 9.17) is 11.6 Å². The third-order valence-corrected chi connectivity index (χ3v) is 4.30. The standard InChI is InChI=1S/C14H19ClN2/c15-11-5-7-12(8-6-11)17-10-9-16-13-3-1-2-4-14(13)17/h5-8,13-14,16H,1-4,9-10H2. The fourth-order valence-corrected chi connectivity index (χ4v) is 3.34. The van der Waals surface area contributed by atoms with Gasteiger partial charge < -0.3 is 10.2 Å². The van der Waals surface area contributed by atoms with E-state index >= 15 is 0 Å². The SMILES string of the molecule is Clc1ccc(N2CCNC3CCCCC32)cc1. The Balaban J connectivity index is 1.83. The van der Waals surface area contributed by atoms with Crippen molar-refractivity contribution in [2.24, 2.45) is 0 Å². The van der Waals surface area contributed by atoms with E-state index in [9.17, 15) is 0 Å². The van der Waals surface area contributed by atoms with Gasteiger partial charge in [0.2, 0.25) is 0 Å². The lowest BCUT2D eigenvalue weighted by Crippen LogP contribution is -2.59. The van der Waals surface area contributed by atoms with Crippen LogP contribution in [-0.2, 0) is 0 Å². The first-order valence-electron chi connectivity index (χ1n) is 6.60. The van der Waals surface area contributed by atoms with Crippen molar-refractivity contribution in [2.45, 2.75) is 37.8 Å². The minimum absolute atomic E-state index is 0.679. The molecule has 1 heterocycles. The van der Waals surface area contributed by atoms with Crippen LogP contribution in [0.2, 0.25) is 5.02 Å². The van der Waals surface area contributed by atoms with E-state index in [2.05, 4.69) is 22.3 Å². The maximum atomic E-state index is 5.96. The number of anilines is 1. The van der Waals surface area contributed by atoms with Crippen LogP contribution in [0, 0.1) is 0 Å². The summed E-state index contributed by atoms with van der Waals surface area (Å²) in [6.07, 6.45) is 5.39. The average molecular weight is 251 g/mol. The molecule has 17 heavy (non-hydrogen) atoms. The van der Waals surface area contributed by atoms with Crippen molar-refractivity contribution in [1.29, 1.82) is 0 Å². The smallest absolute Gasteiger partial charge is 0.0443 e. The summed E-state index contributed by atoms with van der Waals surface area (Å²) in [4.78, 5) is 2.57. The minimum Gasteiger partial charge on any atom is -0.366 e. The molecule has 3 rings (SSSR count). The van der Waals surface area contributed by atoms with Crippen molar-refractivity contribution in [1.82, 2.24) is 5.32 Å². The number of piperazine rings is 1. The molecule has 2 atom stereocenters. The molecule has 3 heteroatoms. The van der Waals surface area contributed by atoms with Crippen molar-refractivity contribution >= 4 is 17.3 Å². The number of nitrogens with one attached hydrogen (secondary N) is 1. The molecule has 0 amide bonds. The Hall–Kier alpha value is -0.730. The molecule has 2 aliphatic rings. The molecule has 0 spiro atoms. The van der Waals surface area contributed by atoms with E-state index < -0.39 is 0 Å². The predicted molar refractivity (Wildman–Crippen MR) is 72.8 cm³/mol. The van der Waals surface area contributed by atoms with Crippen molar-refractivity contribution in [3.05, 3.63) is 29.3 Å². The number of halogens is 1. The predicted octanol–water partition coefficient (Wildman–Crippen LogP) is 3.06. The Kier molecular flexibility index (Phi) is 3.26. The Morgan fingerprint density at radius 2 is 1.88 bits per heavy atom. The lowest BCUT2D eigenvalue weighted by molar-refractivity contribution is 0.284. The van der Waals surface area contributed by atoms with Gasteiger partial charge in [0.05, 0.1) is 0 Å². The summed E-state index contributed by atoms with van der Waals surface area (Å²) in [5.41, 5.74) is 1.33. The Morgan fingerprint density at radius 1 is 1.12 bits per heavy atom. The second kappa shape index (κ2) is 4.87. The lowest BCUT2D eigenvalue weighted by Gasteiger charge is -2.46. The summed E-state index contributed by atoms with van der Waals surface area (Å²) in [5.74, 6) is 0. The molecule has 0 bridgehead atoms. The van der Waals surface area contributed by atoms with Crippen LogP contribution in [0.3, 0.4) is 0 Å². The van der Waals surface area contributed by atoms with Crippen LogP contribution in [0.1, 0.15) is 25.7 Å². The van der Waals surface area contributed by atoms with Gasteiger partial charge in [-0.15, -0.1) is 0 Å². The largest absolute Gasteiger partial charge is 0.366 e. The molecule has 1 aliphatic carbocycles. The highest BCUT2D eigenvalue weighted by molar-refractivity contribution is 6.30. The third kappa shape index (κ3) is 2.29. The summed E-state index contributed by atoms with van der Waals surface area (Å²) < 4.78 is 0. The van der Waals surface area contributed by atoms with Gasteiger partial charge in [0.25, 0.3) is 0 Å². The number of fused-ring (bicyclic) bond motifs is 1. The molecule has 0 radical (unpaired) electrons. The quantitative estimate of drug-likeness (QED) is 0.824. The maximum Gasteiger partial charge on any atom is 0.0443 e. The summed E-state index contributed by atoms with van der Waals surface area (Å²) in [6.45, 7) is 2.21. The van der Waals surface area contributed by atoms with E-state index in [1.807, 2.05) is 12.1 Å². The van der Waals surface area contributed by atoms with E-state index in [1.165, 1.54) is 31.4 Å². The second-order valence-corrected chi connectivity index (χ2v) is 5.52. The minimum atomic E-state index is 0.679. The molecule has 1 N–H and O–H groups in total. The zero-order valence-corrected chi connectivity index (χ0v) is 10.8. The fraction of sp³-hybridized carbons (Fsp3) is 0.571. The Labute approximate surface area is 108 Å². The lowest BCUT2D eigenvalue weighted by atomic mass is 9.87. The van der Waals surface area contributed by atoms with E-state index in [0.29, 0.717) is 12.1 Å². The van der Waals surface area contributed by atoms with Gasteiger partial charge >= 0.3 is 0 Å². The van der Waals surface area contributed by atoms with Gasteiger partial charge in [-0.1, -0.05) is 24.4 Å². The molecule has 1 aromatic carbocycles. The number of rotatable bonds is 1. The zero-order chi connectivity index (χ0) is 11.7. The first-order chi connectivity index (χ1) is 8.34. The molecule has 2 fully saturated rings. The molecule has 1 saturated heterocycles. The van der Waals surface area contributed by atoms with Crippen molar-refractivity contribution < 1.29 is 0 Å². The van der Waals surface area contributed by atoms with Crippen LogP contribution < -0.4 is 10.2 Å². The maximum absolute atomic E-state index is 5.96. The average Bonchev–Trinajstić information content (AvgIpc) is 2.39. The summed E-state index contributed by atoms with van der Waals surface area (Å²) >= 11 is 5.96. The number of benzene rings is 1. The molecule has 1 aliphatic heterocycles. The highest BCUT2D eigenvalue weighted by Gasteiger charge is 2.32. The van der Waals surface area contributed by atoms with E-state index in [-0.39, 0.29) is 0 Å². The van der Waals surface area contributed by atoms with Crippen LogP contribution in [0.5, 0.6) is 0 Å². The highest BCUT2D eigenvalue weighted by Crippen LogP contribution is 2.30. The van der Waals surface area contributed by atoms with Crippen LogP contribution >= 0.6 is 11.6 Å². The third-order valence-electron chi connectivity index (χ3n) is 4.05. The van der Waals surface area contributed by atoms with Gasteiger partial charge in [-0.25, -0.2) is 0 Å².